The van der Waals surface area contributed by atoms with Crippen molar-refractivity contribution in [3.63, 3.8) is 0 Å². The minimum Gasteiger partial charge on any atom is -0.481 e. The van der Waals surface area contributed by atoms with Crippen LogP contribution in [-0.2, 0) is 20.9 Å². The van der Waals surface area contributed by atoms with Crippen molar-refractivity contribution in [1.82, 2.24) is 30.9 Å². The zero-order chi connectivity index (χ0) is 28.8. The first kappa shape index (κ1) is 30.5. The summed E-state index contributed by atoms with van der Waals surface area (Å²) in [5, 5.41) is 44.4. The summed E-state index contributed by atoms with van der Waals surface area (Å²) >= 11 is 0. The van der Waals surface area contributed by atoms with E-state index >= 15 is 0 Å². The highest BCUT2D eigenvalue weighted by Crippen LogP contribution is 2.19. The molecule has 2 aromatic rings. The van der Waals surface area contributed by atoms with Gasteiger partial charge in [-0.05, 0) is 37.8 Å². The Balaban J connectivity index is 1.71. The zero-order valence-corrected chi connectivity index (χ0v) is 20.8. The van der Waals surface area contributed by atoms with Crippen molar-refractivity contribution in [1.29, 1.82) is 0 Å². The van der Waals surface area contributed by atoms with E-state index in [0.29, 0.717) is 24.2 Å². The second-order valence-electron chi connectivity index (χ2n) is 8.34. The number of carboxylic acid groups (broad SMARTS) is 3. The molecule has 0 fully saturated rings. The molecule has 15 nitrogen and oxygen atoms in total. The van der Waals surface area contributed by atoms with Gasteiger partial charge in [0, 0.05) is 24.2 Å². The van der Waals surface area contributed by atoms with Gasteiger partial charge >= 0.3 is 30.0 Å². The molecule has 1 aromatic heterocycles. The molecule has 16 heteroatoms. The Morgan fingerprint density at radius 2 is 1.54 bits per heavy atom. The molecule has 0 aliphatic carbocycles. The molecule has 1 aromatic carbocycles. The minimum absolute atomic E-state index is 0.0102. The third-order valence-electron chi connectivity index (χ3n) is 5.35. The van der Waals surface area contributed by atoms with Crippen LogP contribution in [0.3, 0.4) is 0 Å². The molecule has 212 valence electrons. The second kappa shape index (κ2) is 15.5. The highest BCUT2D eigenvalue weighted by atomic mass is 19.1. The number of anilines is 1. The number of rotatable bonds is 16. The first-order valence-electron chi connectivity index (χ1n) is 11.9. The highest BCUT2D eigenvalue weighted by Gasteiger charge is 2.24. The smallest absolute Gasteiger partial charge is 0.326 e. The van der Waals surface area contributed by atoms with Crippen LogP contribution in [0.5, 0.6) is 0 Å². The Kier molecular flexibility index (Phi) is 12.1. The number of aromatic nitrogens is 3. The van der Waals surface area contributed by atoms with E-state index in [4.69, 9.17) is 10.2 Å². The van der Waals surface area contributed by atoms with Gasteiger partial charge in [0.2, 0.25) is 0 Å². The van der Waals surface area contributed by atoms with Crippen LogP contribution in [0.4, 0.5) is 19.7 Å². The van der Waals surface area contributed by atoms with Crippen LogP contribution in [-0.4, -0.2) is 85.6 Å². The van der Waals surface area contributed by atoms with E-state index in [0.717, 1.165) is 5.56 Å². The van der Waals surface area contributed by atoms with Gasteiger partial charge < -0.3 is 36.6 Å². The maximum Gasteiger partial charge on any atom is 0.326 e. The number of aryl methyl sites for hydroxylation is 1. The van der Waals surface area contributed by atoms with Crippen LogP contribution in [0.2, 0.25) is 0 Å². The van der Waals surface area contributed by atoms with E-state index in [1.165, 1.54) is 4.68 Å². The van der Waals surface area contributed by atoms with E-state index in [1.54, 1.807) is 30.5 Å². The third kappa shape index (κ3) is 11.0. The molecule has 0 aliphatic heterocycles. The number of halogens is 1. The SMILES string of the molecule is O=C(O)CC[C@H](NC(=O)N[C@@H](CCCCNC(=O)Nc1ccc(-c2cn(CCF)nn2)cc1)C(=O)O)C(=O)O. The average molecular weight is 552 g/mol. The standard InChI is InChI=1S/C23H30FN7O8/c24-10-12-31-13-18(29-30-31)14-4-6-15(7-5-14)26-22(38)25-11-2-1-3-16(20(34)35)27-23(39)28-17(21(36)37)8-9-19(32)33/h4-7,13,16-17H,1-3,8-12H2,(H,32,33)(H,34,35)(H,36,37)(H2,25,26,38)(H2,27,28,39)/t16-,17-/m0/s1. The number of carbonyl (C=O) groups excluding carboxylic acids is 2. The summed E-state index contributed by atoms with van der Waals surface area (Å²) in [4.78, 5) is 57.4. The number of urea groups is 2. The van der Waals surface area contributed by atoms with Gasteiger partial charge in [-0.25, -0.2) is 28.3 Å². The monoisotopic (exact) mass is 551 g/mol. The molecule has 0 saturated heterocycles. The highest BCUT2D eigenvalue weighted by molar-refractivity contribution is 5.89. The summed E-state index contributed by atoms with van der Waals surface area (Å²) in [7, 11) is 0. The lowest BCUT2D eigenvalue weighted by atomic mass is 10.1. The lowest BCUT2D eigenvalue weighted by molar-refractivity contribution is -0.140. The molecular weight excluding hydrogens is 521 g/mol. The largest absolute Gasteiger partial charge is 0.481 e. The van der Waals surface area contributed by atoms with Crippen molar-refractivity contribution < 1.29 is 43.7 Å². The number of carboxylic acids is 3. The zero-order valence-electron chi connectivity index (χ0n) is 20.8. The lowest BCUT2D eigenvalue weighted by Crippen LogP contribution is -2.51. The second-order valence-corrected chi connectivity index (χ2v) is 8.34. The summed E-state index contributed by atoms with van der Waals surface area (Å²) in [6, 6.07) is 2.43. The van der Waals surface area contributed by atoms with Crippen molar-refractivity contribution in [2.45, 2.75) is 50.7 Å². The van der Waals surface area contributed by atoms with Crippen LogP contribution in [0.15, 0.2) is 30.5 Å². The van der Waals surface area contributed by atoms with E-state index in [-0.39, 0.29) is 25.9 Å². The molecule has 2 atom stereocenters. The predicted octanol–water partition coefficient (Wildman–Crippen LogP) is 1.28. The molecule has 7 N–H and O–H groups in total. The Labute approximate surface area is 221 Å². The van der Waals surface area contributed by atoms with Gasteiger partial charge in [-0.1, -0.05) is 17.3 Å². The maximum absolute atomic E-state index is 12.4. The number of alkyl halides is 1. The minimum atomic E-state index is -1.49. The van der Waals surface area contributed by atoms with Gasteiger partial charge in [0.15, 0.2) is 0 Å². The van der Waals surface area contributed by atoms with Crippen LogP contribution < -0.4 is 21.3 Å². The number of hydrogen-bond acceptors (Lipinski definition) is 7. The van der Waals surface area contributed by atoms with Crippen LogP contribution in [0, 0.1) is 0 Å². The normalized spacial score (nSPS) is 12.1. The predicted molar refractivity (Wildman–Crippen MR) is 134 cm³/mol. The van der Waals surface area contributed by atoms with E-state index in [9.17, 15) is 33.5 Å². The van der Waals surface area contributed by atoms with Crippen LogP contribution in [0.25, 0.3) is 11.3 Å². The number of aliphatic carboxylic acids is 3. The summed E-state index contributed by atoms with van der Waals surface area (Å²) in [5.74, 6) is -4.01. The number of nitrogens with one attached hydrogen (secondary N) is 4. The summed E-state index contributed by atoms with van der Waals surface area (Å²) in [5.41, 5.74) is 1.81. The molecule has 0 spiro atoms. The van der Waals surface area contributed by atoms with Gasteiger partial charge in [-0.3, -0.25) is 4.79 Å². The Morgan fingerprint density at radius 1 is 0.897 bits per heavy atom. The fraction of sp³-hybridized carbons (Fsp3) is 0.435. The van der Waals surface area contributed by atoms with Crippen LogP contribution >= 0.6 is 0 Å². The third-order valence-corrected chi connectivity index (χ3v) is 5.35. The molecule has 0 radical (unpaired) electrons. The van der Waals surface area contributed by atoms with Crippen molar-refractivity contribution in [3.05, 3.63) is 30.5 Å². The average Bonchev–Trinajstić information content (AvgIpc) is 3.34. The van der Waals surface area contributed by atoms with E-state index in [2.05, 4.69) is 31.6 Å². The number of carbonyl (C=O) groups is 5. The first-order chi connectivity index (χ1) is 18.6. The quantitative estimate of drug-likeness (QED) is 0.148. The molecule has 0 unspecified atom stereocenters. The van der Waals surface area contributed by atoms with E-state index in [1.807, 2.05) is 0 Å². The molecule has 0 aliphatic rings. The van der Waals surface area contributed by atoms with Gasteiger partial charge in [-0.15, -0.1) is 5.10 Å². The summed E-state index contributed by atoms with van der Waals surface area (Å²) < 4.78 is 13.8. The summed E-state index contributed by atoms with van der Waals surface area (Å²) in [6.45, 7) is -0.225. The maximum atomic E-state index is 12.4. The fourth-order valence-corrected chi connectivity index (χ4v) is 3.34. The van der Waals surface area contributed by atoms with Crippen molar-refractivity contribution in [2.24, 2.45) is 0 Å². The van der Waals surface area contributed by atoms with Gasteiger partial charge in [0.1, 0.15) is 24.5 Å². The lowest BCUT2D eigenvalue weighted by Gasteiger charge is -2.18. The molecule has 4 amide bonds. The Hall–Kier alpha value is -4.76. The molecule has 0 bridgehead atoms. The Morgan fingerprint density at radius 3 is 2.13 bits per heavy atom. The number of nitrogens with zero attached hydrogens (tertiary/aromatic N) is 3. The number of unbranched alkanes of at least 4 members (excludes halogenated alkanes) is 1. The van der Waals surface area contributed by atoms with Crippen molar-refractivity contribution in [3.8, 4) is 11.3 Å². The van der Waals surface area contributed by atoms with Crippen molar-refractivity contribution in [2.75, 3.05) is 18.5 Å². The van der Waals surface area contributed by atoms with Crippen molar-refractivity contribution >= 4 is 35.7 Å². The fourth-order valence-electron chi connectivity index (χ4n) is 3.34. The molecule has 0 saturated carbocycles. The van der Waals surface area contributed by atoms with Crippen LogP contribution in [0.1, 0.15) is 32.1 Å². The van der Waals surface area contributed by atoms with E-state index < -0.39 is 55.1 Å². The topological polar surface area (TPSA) is 225 Å². The summed E-state index contributed by atoms with van der Waals surface area (Å²) in [6.07, 6.45) is 1.48. The molecule has 39 heavy (non-hydrogen) atoms. The number of amides is 4. The van der Waals surface area contributed by atoms with Gasteiger partial charge in [0.25, 0.3) is 0 Å². The number of benzene rings is 1. The van der Waals surface area contributed by atoms with Gasteiger partial charge in [0.05, 0.1) is 12.7 Å². The Bertz CT molecular complexity index is 1140. The molecule has 2 rings (SSSR count). The first-order valence-corrected chi connectivity index (χ1v) is 11.9. The van der Waals surface area contributed by atoms with Gasteiger partial charge in [-0.2, -0.15) is 0 Å². The molecular formula is C23H30FN7O8. The molecule has 1 heterocycles. The number of hydrogen-bond donors (Lipinski definition) is 7.